The van der Waals surface area contributed by atoms with Crippen LogP contribution in [0.4, 0.5) is 17.2 Å². The van der Waals surface area contributed by atoms with E-state index in [1.54, 1.807) is 31.4 Å². The number of anilines is 3. The van der Waals surface area contributed by atoms with Gasteiger partial charge in [-0.1, -0.05) is 6.07 Å². The van der Waals surface area contributed by atoms with Gasteiger partial charge < -0.3 is 20.1 Å². The Morgan fingerprint density at radius 1 is 0.929 bits per heavy atom. The summed E-state index contributed by atoms with van der Waals surface area (Å²) in [5.74, 6) is 0.325. The third-order valence-corrected chi connectivity index (χ3v) is 3.81. The van der Waals surface area contributed by atoms with Crippen molar-refractivity contribution in [3.05, 3.63) is 72.2 Å². The van der Waals surface area contributed by atoms with Crippen molar-refractivity contribution in [3.63, 3.8) is 0 Å². The zero-order valence-corrected chi connectivity index (χ0v) is 15.3. The molecule has 0 radical (unpaired) electrons. The smallest absolute Gasteiger partial charge is 0.337 e. The number of rotatable bonds is 6. The molecule has 3 aromatic rings. The van der Waals surface area contributed by atoms with Crippen molar-refractivity contribution in [2.45, 2.75) is 0 Å². The first-order chi connectivity index (χ1) is 13.6. The Morgan fingerprint density at radius 3 is 2.43 bits per heavy atom. The largest absolute Gasteiger partial charge is 0.497 e. The predicted octanol–water partition coefficient (Wildman–Crippen LogP) is 3.27. The molecule has 28 heavy (non-hydrogen) atoms. The summed E-state index contributed by atoms with van der Waals surface area (Å²) in [6, 6.07) is 15.2. The van der Waals surface area contributed by atoms with E-state index in [0.29, 0.717) is 22.8 Å². The Morgan fingerprint density at radius 2 is 1.71 bits per heavy atom. The van der Waals surface area contributed by atoms with Crippen molar-refractivity contribution in [1.82, 2.24) is 9.97 Å². The molecular formula is C20H18N4O4. The van der Waals surface area contributed by atoms with Crippen LogP contribution >= 0.6 is 0 Å². The number of carbonyl (C=O) groups excluding carboxylic acids is 2. The molecule has 0 aliphatic carbocycles. The molecule has 0 saturated carbocycles. The van der Waals surface area contributed by atoms with E-state index < -0.39 is 11.9 Å². The number of nitrogens with one attached hydrogen (secondary N) is 2. The number of carbonyl (C=O) groups is 2. The number of hydrogen-bond donors (Lipinski definition) is 2. The third-order valence-electron chi connectivity index (χ3n) is 3.81. The third kappa shape index (κ3) is 4.61. The van der Waals surface area contributed by atoms with Gasteiger partial charge in [-0.05, 0) is 36.4 Å². The molecule has 3 rings (SSSR count). The summed E-state index contributed by atoms with van der Waals surface area (Å²) in [7, 11) is 2.90. The Kier molecular flexibility index (Phi) is 5.81. The molecule has 8 nitrogen and oxygen atoms in total. The number of amides is 1. The molecule has 0 unspecified atom stereocenters. The van der Waals surface area contributed by atoms with Crippen LogP contribution in [0, 0.1) is 0 Å². The first-order valence-electron chi connectivity index (χ1n) is 8.32. The number of methoxy groups -OCH3 is 2. The topological polar surface area (TPSA) is 102 Å². The maximum atomic E-state index is 12.5. The normalized spacial score (nSPS) is 10.1. The Bertz CT molecular complexity index is 990. The Labute approximate surface area is 161 Å². The van der Waals surface area contributed by atoms with E-state index in [9.17, 15) is 9.59 Å². The lowest BCUT2D eigenvalue weighted by Crippen LogP contribution is -2.14. The van der Waals surface area contributed by atoms with Gasteiger partial charge in [0, 0.05) is 23.5 Å². The molecule has 2 N–H and O–H groups in total. The minimum Gasteiger partial charge on any atom is -0.497 e. The molecule has 0 bridgehead atoms. The van der Waals surface area contributed by atoms with Crippen molar-refractivity contribution in [2.75, 3.05) is 24.9 Å². The standard InChI is InChI=1S/C20H18N4O4/c1-27-16-5-3-4-15(10-16)23-18-11-17(21-12-22-18)19(25)24-14-8-6-13(7-9-14)20(26)28-2/h3-12H,1-2H3,(H,24,25)(H,21,22,23). The van der Waals surface area contributed by atoms with Crippen LogP contribution in [-0.4, -0.2) is 36.1 Å². The molecule has 0 spiro atoms. The second-order valence-corrected chi connectivity index (χ2v) is 5.67. The van der Waals surface area contributed by atoms with Crippen molar-refractivity contribution >= 4 is 29.1 Å². The van der Waals surface area contributed by atoms with E-state index in [4.69, 9.17) is 4.74 Å². The highest BCUT2D eigenvalue weighted by molar-refractivity contribution is 6.03. The predicted molar refractivity (Wildman–Crippen MR) is 104 cm³/mol. The van der Waals surface area contributed by atoms with Crippen LogP contribution in [0.1, 0.15) is 20.8 Å². The van der Waals surface area contributed by atoms with Crippen LogP contribution in [0.3, 0.4) is 0 Å². The van der Waals surface area contributed by atoms with Crippen molar-refractivity contribution < 1.29 is 19.1 Å². The van der Waals surface area contributed by atoms with Gasteiger partial charge >= 0.3 is 5.97 Å². The summed E-state index contributed by atoms with van der Waals surface area (Å²) in [5, 5.41) is 5.82. The van der Waals surface area contributed by atoms with Gasteiger partial charge in [0.2, 0.25) is 0 Å². The Hall–Kier alpha value is -3.94. The molecule has 8 heteroatoms. The van der Waals surface area contributed by atoms with Gasteiger partial charge in [0.15, 0.2) is 0 Å². The van der Waals surface area contributed by atoms with Gasteiger partial charge in [0.1, 0.15) is 23.6 Å². The summed E-state index contributed by atoms with van der Waals surface area (Å²) in [6.07, 6.45) is 1.30. The monoisotopic (exact) mass is 378 g/mol. The van der Waals surface area contributed by atoms with Crippen LogP contribution in [0.5, 0.6) is 5.75 Å². The highest BCUT2D eigenvalue weighted by Crippen LogP contribution is 2.20. The van der Waals surface area contributed by atoms with Crippen LogP contribution in [-0.2, 0) is 4.74 Å². The van der Waals surface area contributed by atoms with Gasteiger partial charge in [0.25, 0.3) is 5.91 Å². The second kappa shape index (κ2) is 8.63. The summed E-state index contributed by atoms with van der Waals surface area (Å²) < 4.78 is 9.83. The molecule has 0 atom stereocenters. The average Bonchev–Trinajstić information content (AvgIpc) is 2.74. The highest BCUT2D eigenvalue weighted by atomic mass is 16.5. The van der Waals surface area contributed by atoms with E-state index in [-0.39, 0.29) is 5.69 Å². The van der Waals surface area contributed by atoms with Crippen molar-refractivity contribution in [1.29, 1.82) is 0 Å². The molecule has 2 aromatic carbocycles. The fourth-order valence-electron chi connectivity index (χ4n) is 2.40. The SMILES string of the molecule is COC(=O)c1ccc(NC(=O)c2cc(Nc3cccc(OC)c3)ncn2)cc1. The summed E-state index contributed by atoms with van der Waals surface area (Å²) in [4.78, 5) is 32.0. The van der Waals surface area contributed by atoms with Crippen LogP contribution < -0.4 is 15.4 Å². The molecule has 0 saturated heterocycles. The molecule has 1 amide bonds. The molecule has 0 aliphatic rings. The molecule has 1 aromatic heterocycles. The number of hydrogen-bond acceptors (Lipinski definition) is 7. The van der Waals surface area contributed by atoms with Crippen LogP contribution in [0.25, 0.3) is 0 Å². The summed E-state index contributed by atoms with van der Waals surface area (Å²) >= 11 is 0. The molecule has 1 heterocycles. The van der Waals surface area contributed by atoms with Crippen LogP contribution in [0.2, 0.25) is 0 Å². The van der Waals surface area contributed by atoms with Gasteiger partial charge in [-0.3, -0.25) is 4.79 Å². The summed E-state index contributed by atoms with van der Waals surface area (Å²) in [5.41, 5.74) is 1.88. The summed E-state index contributed by atoms with van der Waals surface area (Å²) in [6.45, 7) is 0. The lowest BCUT2D eigenvalue weighted by Gasteiger charge is -2.09. The number of benzene rings is 2. The van der Waals surface area contributed by atoms with E-state index in [1.807, 2.05) is 24.3 Å². The zero-order chi connectivity index (χ0) is 19.9. The first kappa shape index (κ1) is 18.8. The lowest BCUT2D eigenvalue weighted by atomic mass is 10.2. The fraction of sp³-hybridized carbons (Fsp3) is 0.100. The lowest BCUT2D eigenvalue weighted by molar-refractivity contribution is 0.0600. The van der Waals surface area contributed by atoms with E-state index in [2.05, 4.69) is 25.3 Å². The van der Waals surface area contributed by atoms with E-state index >= 15 is 0 Å². The molecule has 0 fully saturated rings. The van der Waals surface area contributed by atoms with Gasteiger partial charge in [-0.25, -0.2) is 14.8 Å². The highest BCUT2D eigenvalue weighted by Gasteiger charge is 2.11. The van der Waals surface area contributed by atoms with E-state index in [0.717, 1.165) is 5.69 Å². The molecular weight excluding hydrogens is 360 g/mol. The fourth-order valence-corrected chi connectivity index (χ4v) is 2.40. The molecule has 142 valence electrons. The zero-order valence-electron chi connectivity index (χ0n) is 15.3. The minimum absolute atomic E-state index is 0.192. The van der Waals surface area contributed by atoms with Crippen molar-refractivity contribution in [2.24, 2.45) is 0 Å². The van der Waals surface area contributed by atoms with Gasteiger partial charge in [-0.15, -0.1) is 0 Å². The first-order valence-corrected chi connectivity index (χ1v) is 8.32. The number of nitrogens with zero attached hydrogens (tertiary/aromatic N) is 2. The quantitative estimate of drug-likeness (QED) is 0.635. The second-order valence-electron chi connectivity index (χ2n) is 5.67. The Balaban J connectivity index is 1.70. The number of esters is 1. The maximum Gasteiger partial charge on any atom is 0.337 e. The van der Waals surface area contributed by atoms with E-state index in [1.165, 1.54) is 19.5 Å². The van der Waals surface area contributed by atoms with Crippen molar-refractivity contribution in [3.8, 4) is 5.75 Å². The average molecular weight is 378 g/mol. The maximum absolute atomic E-state index is 12.5. The minimum atomic E-state index is -0.443. The number of aromatic nitrogens is 2. The van der Waals surface area contributed by atoms with Crippen LogP contribution in [0.15, 0.2) is 60.9 Å². The molecule has 0 aliphatic heterocycles. The van der Waals surface area contributed by atoms with Gasteiger partial charge in [-0.2, -0.15) is 0 Å². The number of ether oxygens (including phenoxy) is 2. The van der Waals surface area contributed by atoms with Gasteiger partial charge in [0.05, 0.1) is 19.8 Å².